The maximum atomic E-state index is 13.7. The number of nitrogens with zero attached hydrogens (tertiary/aromatic N) is 4. The van der Waals surface area contributed by atoms with Gasteiger partial charge in [-0.25, -0.2) is 4.39 Å². The fraction of sp³-hybridized carbons (Fsp3) is 0.278. The summed E-state index contributed by atoms with van der Waals surface area (Å²) in [6.07, 6.45) is 5.33. The molecular formula is C18H16FN5O. The SMILES string of the molecule is COc1cc(Nc2cc(F)cc(C#N)c2)n2ncc(C3CCC3)c2n1. The monoisotopic (exact) mass is 337 g/mol. The van der Waals surface area contributed by atoms with Crippen molar-refractivity contribution in [1.29, 1.82) is 5.26 Å². The largest absolute Gasteiger partial charge is 0.481 e. The number of benzene rings is 1. The van der Waals surface area contributed by atoms with Gasteiger partial charge in [0.15, 0.2) is 5.65 Å². The maximum Gasteiger partial charge on any atom is 0.218 e. The Morgan fingerprint density at radius 1 is 1.32 bits per heavy atom. The Balaban J connectivity index is 1.80. The summed E-state index contributed by atoms with van der Waals surface area (Å²) in [6.45, 7) is 0. The molecule has 6 nitrogen and oxygen atoms in total. The minimum atomic E-state index is -0.477. The van der Waals surface area contributed by atoms with Gasteiger partial charge in [0.2, 0.25) is 5.88 Å². The van der Waals surface area contributed by atoms with E-state index in [0.717, 1.165) is 24.1 Å². The van der Waals surface area contributed by atoms with Crippen LogP contribution in [0.2, 0.25) is 0 Å². The van der Waals surface area contributed by atoms with Crippen molar-refractivity contribution in [3.05, 3.63) is 47.4 Å². The van der Waals surface area contributed by atoms with E-state index in [1.54, 1.807) is 23.8 Å². The van der Waals surface area contributed by atoms with Crippen LogP contribution in [-0.2, 0) is 0 Å². The number of rotatable bonds is 4. The number of methoxy groups -OCH3 is 1. The van der Waals surface area contributed by atoms with Crippen LogP contribution in [-0.4, -0.2) is 21.7 Å². The summed E-state index contributed by atoms with van der Waals surface area (Å²) in [7, 11) is 1.55. The lowest BCUT2D eigenvalue weighted by atomic mass is 9.81. The van der Waals surface area contributed by atoms with Crippen LogP contribution in [0.25, 0.3) is 5.65 Å². The van der Waals surface area contributed by atoms with Gasteiger partial charge in [-0.3, -0.25) is 0 Å². The van der Waals surface area contributed by atoms with Gasteiger partial charge in [0.05, 0.1) is 24.9 Å². The summed E-state index contributed by atoms with van der Waals surface area (Å²) >= 11 is 0. The highest BCUT2D eigenvalue weighted by molar-refractivity contribution is 5.64. The first-order valence-electron chi connectivity index (χ1n) is 8.08. The number of fused-ring (bicyclic) bond motifs is 1. The number of anilines is 2. The Kier molecular flexibility index (Phi) is 3.73. The molecular weight excluding hydrogens is 321 g/mol. The number of aromatic nitrogens is 3. The van der Waals surface area contributed by atoms with E-state index in [-0.39, 0.29) is 5.56 Å². The second-order valence-corrected chi connectivity index (χ2v) is 6.11. The third kappa shape index (κ3) is 2.76. The van der Waals surface area contributed by atoms with E-state index in [0.29, 0.717) is 23.3 Å². The molecule has 0 saturated heterocycles. The number of ether oxygens (including phenoxy) is 1. The van der Waals surface area contributed by atoms with Crippen molar-refractivity contribution in [3.8, 4) is 11.9 Å². The summed E-state index contributed by atoms with van der Waals surface area (Å²) in [6, 6.07) is 7.75. The van der Waals surface area contributed by atoms with E-state index in [4.69, 9.17) is 10.00 Å². The molecule has 0 amide bonds. The zero-order valence-corrected chi connectivity index (χ0v) is 13.7. The number of halogens is 1. The van der Waals surface area contributed by atoms with Gasteiger partial charge in [0.25, 0.3) is 0 Å². The zero-order chi connectivity index (χ0) is 17.4. The Morgan fingerprint density at radius 2 is 2.16 bits per heavy atom. The molecule has 0 radical (unpaired) electrons. The highest BCUT2D eigenvalue weighted by Crippen LogP contribution is 2.38. The van der Waals surface area contributed by atoms with Crippen molar-refractivity contribution < 1.29 is 9.13 Å². The second kappa shape index (κ2) is 6.06. The standard InChI is InChI=1S/C18H16FN5O/c1-25-17-8-16(22-14-6-11(9-20)5-13(19)7-14)24-18(23-17)15(10-21-24)12-3-2-4-12/h5-8,10,12,22H,2-4H2,1H3. The van der Waals surface area contributed by atoms with Gasteiger partial charge in [0, 0.05) is 17.3 Å². The molecule has 1 saturated carbocycles. The summed E-state index contributed by atoms with van der Waals surface area (Å²) < 4.78 is 20.7. The average molecular weight is 337 g/mol. The van der Waals surface area contributed by atoms with E-state index >= 15 is 0 Å². The zero-order valence-electron chi connectivity index (χ0n) is 13.7. The molecule has 0 spiro atoms. The maximum absolute atomic E-state index is 13.7. The highest BCUT2D eigenvalue weighted by atomic mass is 19.1. The molecule has 0 atom stereocenters. The molecule has 1 fully saturated rings. The predicted octanol–water partition coefficient (Wildman–Crippen LogP) is 3.76. The molecule has 2 aromatic heterocycles. The molecule has 3 aromatic rings. The molecule has 0 bridgehead atoms. The van der Waals surface area contributed by atoms with Gasteiger partial charge >= 0.3 is 0 Å². The lowest BCUT2D eigenvalue weighted by Gasteiger charge is -2.24. The number of hydrogen-bond acceptors (Lipinski definition) is 5. The molecule has 126 valence electrons. The number of nitriles is 1. The van der Waals surface area contributed by atoms with E-state index in [9.17, 15) is 4.39 Å². The van der Waals surface area contributed by atoms with Gasteiger partial charge in [-0.15, -0.1) is 0 Å². The van der Waals surface area contributed by atoms with Crippen LogP contribution >= 0.6 is 0 Å². The van der Waals surface area contributed by atoms with Crippen molar-refractivity contribution in [1.82, 2.24) is 14.6 Å². The first-order valence-corrected chi connectivity index (χ1v) is 8.08. The molecule has 4 rings (SSSR count). The number of nitrogens with one attached hydrogen (secondary N) is 1. The van der Waals surface area contributed by atoms with Crippen LogP contribution in [0.3, 0.4) is 0 Å². The van der Waals surface area contributed by atoms with Gasteiger partial charge < -0.3 is 10.1 Å². The van der Waals surface area contributed by atoms with Crippen molar-refractivity contribution in [2.45, 2.75) is 25.2 Å². The quantitative estimate of drug-likeness (QED) is 0.784. The second-order valence-electron chi connectivity index (χ2n) is 6.11. The fourth-order valence-corrected chi connectivity index (χ4v) is 3.03. The van der Waals surface area contributed by atoms with Crippen molar-refractivity contribution in [2.24, 2.45) is 0 Å². The topological polar surface area (TPSA) is 75.2 Å². The van der Waals surface area contributed by atoms with Crippen molar-refractivity contribution >= 4 is 17.2 Å². The third-order valence-corrected chi connectivity index (χ3v) is 4.53. The minimum Gasteiger partial charge on any atom is -0.481 e. The molecule has 25 heavy (non-hydrogen) atoms. The molecule has 0 unspecified atom stereocenters. The smallest absolute Gasteiger partial charge is 0.218 e. The molecule has 1 aliphatic carbocycles. The highest BCUT2D eigenvalue weighted by Gasteiger charge is 2.25. The Hall–Kier alpha value is -3.14. The molecule has 2 heterocycles. The summed E-state index contributed by atoms with van der Waals surface area (Å²) in [5.41, 5.74) is 2.55. The fourth-order valence-electron chi connectivity index (χ4n) is 3.03. The Labute approximate surface area is 143 Å². The van der Waals surface area contributed by atoms with Crippen molar-refractivity contribution in [2.75, 3.05) is 12.4 Å². The number of hydrogen-bond donors (Lipinski definition) is 1. The lowest BCUT2D eigenvalue weighted by Crippen LogP contribution is -2.09. The molecule has 1 aliphatic rings. The third-order valence-electron chi connectivity index (χ3n) is 4.53. The van der Waals surface area contributed by atoms with Gasteiger partial charge in [-0.1, -0.05) is 6.42 Å². The van der Waals surface area contributed by atoms with Crippen molar-refractivity contribution in [3.63, 3.8) is 0 Å². The van der Waals surface area contributed by atoms with Crippen LogP contribution in [0.4, 0.5) is 15.9 Å². The van der Waals surface area contributed by atoms with Crippen LogP contribution in [0, 0.1) is 17.1 Å². The summed E-state index contributed by atoms with van der Waals surface area (Å²) in [4.78, 5) is 4.52. The molecule has 7 heteroatoms. The average Bonchev–Trinajstić information content (AvgIpc) is 2.96. The van der Waals surface area contributed by atoms with E-state index in [1.165, 1.54) is 18.6 Å². The Bertz CT molecular complexity index is 987. The predicted molar refractivity (Wildman–Crippen MR) is 90.5 cm³/mol. The van der Waals surface area contributed by atoms with Crippen LogP contribution in [0.1, 0.15) is 36.3 Å². The minimum absolute atomic E-state index is 0.246. The van der Waals surface area contributed by atoms with Crippen LogP contribution < -0.4 is 10.1 Å². The summed E-state index contributed by atoms with van der Waals surface area (Å²) in [5, 5.41) is 16.6. The van der Waals surface area contributed by atoms with E-state index < -0.39 is 5.82 Å². The van der Waals surface area contributed by atoms with Gasteiger partial charge in [-0.2, -0.15) is 19.9 Å². The van der Waals surface area contributed by atoms with E-state index in [1.807, 2.05) is 12.3 Å². The summed E-state index contributed by atoms with van der Waals surface area (Å²) in [5.74, 6) is 1.05. The first-order chi connectivity index (χ1) is 12.2. The molecule has 1 aromatic carbocycles. The van der Waals surface area contributed by atoms with E-state index in [2.05, 4.69) is 15.4 Å². The van der Waals surface area contributed by atoms with Crippen LogP contribution in [0.5, 0.6) is 5.88 Å². The molecule has 0 aliphatic heterocycles. The molecule has 1 N–H and O–H groups in total. The normalized spacial score (nSPS) is 14.1. The van der Waals surface area contributed by atoms with Gasteiger partial charge in [0.1, 0.15) is 11.6 Å². The van der Waals surface area contributed by atoms with Gasteiger partial charge in [-0.05, 0) is 37.0 Å². The van der Waals surface area contributed by atoms with Crippen LogP contribution in [0.15, 0.2) is 30.5 Å². The first kappa shape index (κ1) is 15.4. The Morgan fingerprint density at radius 3 is 2.84 bits per heavy atom. The lowest BCUT2D eigenvalue weighted by molar-refractivity contribution is 0.397.